The number of hydrogen-bond acceptors (Lipinski definition) is 4. The minimum absolute atomic E-state index is 0.637. The lowest BCUT2D eigenvalue weighted by Crippen LogP contribution is -2.05. The van der Waals surface area contributed by atoms with Crippen LogP contribution in [-0.4, -0.2) is 24.3 Å². The number of aromatic nitrogens is 5. The first-order valence-corrected chi connectivity index (χ1v) is 12.9. The minimum atomic E-state index is 0.637. The Kier molecular flexibility index (Phi) is 6.65. The van der Waals surface area contributed by atoms with Gasteiger partial charge in [0.2, 0.25) is 0 Å². The summed E-state index contributed by atoms with van der Waals surface area (Å²) >= 11 is 7.21. The van der Waals surface area contributed by atoms with E-state index in [0.29, 0.717) is 17.1 Å². The molecular weight excluding hydrogens is 458 g/mol. The van der Waals surface area contributed by atoms with Crippen LogP contribution in [0.3, 0.4) is 0 Å². The SMILES string of the molecule is CCc1ccc(-n2cc(C3=CC=CC3)nc2SCc2n[nH]c(=S)n2Cc2ccc(C)cc2)cc1. The Balaban J connectivity index is 1.42. The number of allylic oxidation sites excluding steroid dienone is 4. The van der Waals surface area contributed by atoms with Crippen LogP contribution >= 0.6 is 24.0 Å². The molecule has 0 atom stereocenters. The molecule has 4 aromatic rings. The number of aromatic amines is 1. The maximum atomic E-state index is 5.53. The first-order chi connectivity index (χ1) is 16.6. The zero-order valence-electron chi connectivity index (χ0n) is 19.4. The van der Waals surface area contributed by atoms with E-state index in [2.05, 4.69) is 106 Å². The van der Waals surface area contributed by atoms with Gasteiger partial charge in [0.05, 0.1) is 18.0 Å². The highest BCUT2D eigenvalue weighted by atomic mass is 32.2. The van der Waals surface area contributed by atoms with Crippen molar-refractivity contribution < 1.29 is 0 Å². The number of imidazole rings is 1. The number of thioether (sulfide) groups is 1. The van der Waals surface area contributed by atoms with Crippen LogP contribution in [0.5, 0.6) is 0 Å². The summed E-state index contributed by atoms with van der Waals surface area (Å²) in [6, 6.07) is 17.3. The van der Waals surface area contributed by atoms with E-state index in [0.717, 1.165) is 35.2 Å². The van der Waals surface area contributed by atoms with Crippen molar-refractivity contribution in [1.82, 2.24) is 24.3 Å². The largest absolute Gasteiger partial charge is 0.299 e. The number of nitrogens with one attached hydrogen (secondary N) is 1. The molecule has 0 unspecified atom stereocenters. The lowest BCUT2D eigenvalue weighted by molar-refractivity contribution is 0.745. The normalized spacial score (nSPS) is 12.9. The van der Waals surface area contributed by atoms with Crippen molar-refractivity contribution in [2.24, 2.45) is 0 Å². The predicted octanol–water partition coefficient (Wildman–Crippen LogP) is 6.68. The fraction of sp³-hybridized carbons (Fsp3) is 0.222. The number of benzene rings is 2. The Morgan fingerprint density at radius 2 is 1.82 bits per heavy atom. The number of rotatable bonds is 8. The van der Waals surface area contributed by atoms with Crippen LogP contribution in [0.4, 0.5) is 0 Å². The van der Waals surface area contributed by atoms with Gasteiger partial charge in [-0.1, -0.05) is 78.9 Å². The zero-order chi connectivity index (χ0) is 23.5. The maximum absolute atomic E-state index is 5.53. The van der Waals surface area contributed by atoms with Crippen LogP contribution in [0.15, 0.2) is 78.1 Å². The van der Waals surface area contributed by atoms with Gasteiger partial charge in [-0.15, -0.1) is 0 Å². The third-order valence-corrected chi connectivity index (χ3v) is 7.29. The molecule has 0 bridgehead atoms. The second kappa shape index (κ2) is 9.99. The Morgan fingerprint density at radius 3 is 2.53 bits per heavy atom. The van der Waals surface area contributed by atoms with Crippen LogP contribution in [-0.2, 0) is 18.7 Å². The van der Waals surface area contributed by atoms with Gasteiger partial charge in [-0.2, -0.15) is 5.10 Å². The summed E-state index contributed by atoms with van der Waals surface area (Å²) in [5, 5.41) is 8.44. The molecule has 0 radical (unpaired) electrons. The van der Waals surface area contributed by atoms with E-state index in [1.165, 1.54) is 22.3 Å². The van der Waals surface area contributed by atoms with Crippen molar-refractivity contribution in [3.05, 3.63) is 106 Å². The molecule has 172 valence electrons. The average molecular weight is 486 g/mol. The van der Waals surface area contributed by atoms with Crippen LogP contribution in [0.2, 0.25) is 0 Å². The summed E-state index contributed by atoms with van der Waals surface area (Å²) < 4.78 is 4.89. The van der Waals surface area contributed by atoms with Crippen LogP contribution in [0.1, 0.15) is 41.6 Å². The Morgan fingerprint density at radius 1 is 1.06 bits per heavy atom. The highest BCUT2D eigenvalue weighted by Gasteiger charge is 2.16. The molecule has 1 N–H and O–H groups in total. The van der Waals surface area contributed by atoms with Gasteiger partial charge in [0.25, 0.3) is 0 Å². The summed E-state index contributed by atoms with van der Waals surface area (Å²) in [5.41, 5.74) is 7.15. The summed E-state index contributed by atoms with van der Waals surface area (Å²) in [6.07, 6.45) is 10.5. The molecule has 2 heterocycles. The summed E-state index contributed by atoms with van der Waals surface area (Å²) in [7, 11) is 0. The van der Waals surface area contributed by atoms with Crippen LogP contribution < -0.4 is 0 Å². The van der Waals surface area contributed by atoms with E-state index in [1.807, 2.05) is 0 Å². The van der Waals surface area contributed by atoms with E-state index in [9.17, 15) is 0 Å². The Labute approximate surface area is 209 Å². The standard InChI is InChI=1S/C27H27N5S2/c1-3-20-12-14-23(15-13-20)31-17-24(22-6-4-5-7-22)28-27(31)34-18-25-29-30-26(33)32(25)16-21-10-8-19(2)9-11-21/h4-6,8-15,17H,3,7,16,18H2,1-2H3,(H,30,33). The van der Waals surface area contributed by atoms with E-state index < -0.39 is 0 Å². The van der Waals surface area contributed by atoms with Crippen molar-refractivity contribution in [2.45, 2.75) is 44.1 Å². The smallest absolute Gasteiger partial charge is 0.195 e. The lowest BCUT2D eigenvalue weighted by Gasteiger charge is -2.09. The van der Waals surface area contributed by atoms with Crippen molar-refractivity contribution in [1.29, 1.82) is 0 Å². The third-order valence-electron chi connectivity index (χ3n) is 6.03. The van der Waals surface area contributed by atoms with E-state index in [-0.39, 0.29) is 0 Å². The molecule has 0 fully saturated rings. The monoisotopic (exact) mass is 485 g/mol. The van der Waals surface area contributed by atoms with E-state index in [1.54, 1.807) is 11.8 Å². The van der Waals surface area contributed by atoms with E-state index in [4.69, 9.17) is 17.2 Å². The maximum Gasteiger partial charge on any atom is 0.195 e. The number of nitrogens with zero attached hydrogens (tertiary/aromatic N) is 4. The molecule has 0 saturated heterocycles. The molecular formula is C27H27N5S2. The van der Waals surface area contributed by atoms with Crippen LogP contribution in [0.25, 0.3) is 11.3 Å². The molecule has 7 heteroatoms. The van der Waals surface area contributed by atoms with Gasteiger partial charge in [0.15, 0.2) is 9.93 Å². The molecule has 2 aromatic carbocycles. The van der Waals surface area contributed by atoms with Gasteiger partial charge in [-0.25, -0.2) is 4.98 Å². The first kappa shape index (κ1) is 22.6. The van der Waals surface area contributed by atoms with Gasteiger partial charge in [-0.05, 0) is 60.8 Å². The van der Waals surface area contributed by atoms with Gasteiger partial charge in [-0.3, -0.25) is 14.2 Å². The molecule has 5 rings (SSSR count). The average Bonchev–Trinajstić information content (AvgIpc) is 3.60. The fourth-order valence-corrected chi connectivity index (χ4v) is 5.12. The highest BCUT2D eigenvalue weighted by molar-refractivity contribution is 7.98. The second-order valence-corrected chi connectivity index (χ2v) is 9.76. The molecule has 0 saturated carbocycles. The van der Waals surface area contributed by atoms with Crippen molar-refractivity contribution in [3.63, 3.8) is 0 Å². The van der Waals surface area contributed by atoms with Crippen LogP contribution in [0, 0.1) is 11.7 Å². The molecule has 0 spiro atoms. The third kappa shape index (κ3) is 4.86. The topological polar surface area (TPSA) is 51.4 Å². The summed E-state index contributed by atoms with van der Waals surface area (Å²) in [5.74, 6) is 1.58. The van der Waals surface area contributed by atoms with E-state index >= 15 is 0 Å². The quantitative estimate of drug-likeness (QED) is 0.223. The van der Waals surface area contributed by atoms with Crippen molar-refractivity contribution in [3.8, 4) is 5.69 Å². The summed E-state index contributed by atoms with van der Waals surface area (Å²) in [4.78, 5) is 5.00. The molecule has 0 amide bonds. The Bertz CT molecular complexity index is 1400. The van der Waals surface area contributed by atoms with Crippen molar-refractivity contribution >= 4 is 29.6 Å². The Hall–Kier alpha value is -3.16. The zero-order valence-corrected chi connectivity index (χ0v) is 21.0. The van der Waals surface area contributed by atoms with Gasteiger partial charge in [0.1, 0.15) is 5.82 Å². The second-order valence-electron chi connectivity index (χ2n) is 8.43. The minimum Gasteiger partial charge on any atom is -0.299 e. The predicted molar refractivity (Wildman–Crippen MR) is 142 cm³/mol. The molecule has 1 aliphatic carbocycles. The number of aryl methyl sites for hydroxylation is 2. The summed E-state index contributed by atoms with van der Waals surface area (Å²) in [6.45, 7) is 4.97. The number of H-pyrrole nitrogens is 1. The molecule has 2 aromatic heterocycles. The van der Waals surface area contributed by atoms with Gasteiger partial charge < -0.3 is 0 Å². The van der Waals surface area contributed by atoms with Gasteiger partial charge >= 0.3 is 0 Å². The molecule has 34 heavy (non-hydrogen) atoms. The highest BCUT2D eigenvalue weighted by Crippen LogP contribution is 2.30. The molecule has 0 aliphatic heterocycles. The van der Waals surface area contributed by atoms with Gasteiger partial charge in [0, 0.05) is 11.9 Å². The lowest BCUT2D eigenvalue weighted by atomic mass is 10.1. The van der Waals surface area contributed by atoms with Crippen molar-refractivity contribution in [2.75, 3.05) is 0 Å². The number of hydrogen-bond donors (Lipinski definition) is 1. The first-order valence-electron chi connectivity index (χ1n) is 11.5. The molecule has 5 nitrogen and oxygen atoms in total. The fourth-order valence-electron chi connectivity index (χ4n) is 3.96. The molecule has 1 aliphatic rings.